The molecule has 2 heterocycles. The van der Waals surface area contributed by atoms with Gasteiger partial charge in [-0.2, -0.15) is 0 Å². The van der Waals surface area contributed by atoms with Crippen LogP contribution in [0, 0.1) is 5.82 Å². The Morgan fingerprint density at radius 2 is 1.82 bits per heavy atom. The minimum atomic E-state index is -0.276. The van der Waals surface area contributed by atoms with E-state index in [2.05, 4.69) is 10.2 Å². The molecule has 3 rings (SSSR count). The normalized spacial score (nSPS) is 10.9. The van der Waals surface area contributed by atoms with Crippen LogP contribution in [0.1, 0.15) is 0 Å². The maximum atomic E-state index is 12.8. The second kappa shape index (κ2) is 3.55. The van der Waals surface area contributed by atoms with E-state index in [4.69, 9.17) is 5.73 Å². The van der Waals surface area contributed by atoms with Crippen LogP contribution >= 0.6 is 0 Å². The molecule has 0 radical (unpaired) electrons. The molecule has 17 heavy (non-hydrogen) atoms. The number of pyridine rings is 1. The number of halogens is 1. The number of rotatable bonds is 1. The molecule has 0 atom stereocenters. The van der Waals surface area contributed by atoms with Gasteiger partial charge in [0.2, 0.25) is 0 Å². The molecule has 2 aromatic heterocycles. The van der Waals surface area contributed by atoms with Gasteiger partial charge in [0.15, 0.2) is 11.5 Å². The first-order valence-electron chi connectivity index (χ1n) is 5.11. The topological polar surface area (TPSA) is 56.2 Å². The van der Waals surface area contributed by atoms with E-state index in [1.807, 2.05) is 12.3 Å². The summed E-state index contributed by atoms with van der Waals surface area (Å²) in [6, 6.07) is 9.69. The molecule has 0 bridgehead atoms. The molecule has 5 heteroatoms. The fourth-order valence-electron chi connectivity index (χ4n) is 1.73. The lowest BCUT2D eigenvalue weighted by Gasteiger charge is -2.00. The Labute approximate surface area is 96.5 Å². The zero-order valence-electron chi connectivity index (χ0n) is 8.84. The van der Waals surface area contributed by atoms with Crippen LogP contribution in [0.2, 0.25) is 0 Å². The largest absolute Gasteiger partial charge is 0.396 e. The first kappa shape index (κ1) is 9.77. The van der Waals surface area contributed by atoms with Gasteiger partial charge in [0.1, 0.15) is 5.82 Å². The van der Waals surface area contributed by atoms with E-state index < -0.39 is 0 Å². The van der Waals surface area contributed by atoms with Crippen LogP contribution < -0.4 is 5.73 Å². The Morgan fingerprint density at radius 3 is 2.59 bits per heavy atom. The molecule has 1 aromatic carbocycles. The van der Waals surface area contributed by atoms with E-state index in [9.17, 15) is 4.39 Å². The molecule has 4 nitrogen and oxygen atoms in total. The first-order valence-corrected chi connectivity index (χ1v) is 5.11. The summed E-state index contributed by atoms with van der Waals surface area (Å²) in [4.78, 5) is 0. The maximum absolute atomic E-state index is 12.8. The second-order valence-electron chi connectivity index (χ2n) is 3.69. The minimum absolute atomic E-state index is 0.276. The SMILES string of the molecule is Nc1cccn2c(-c3ccc(F)cc3)nnc12. The number of nitrogens with two attached hydrogens (primary N) is 1. The third-order valence-corrected chi connectivity index (χ3v) is 2.57. The lowest BCUT2D eigenvalue weighted by molar-refractivity contribution is 0.628. The zero-order chi connectivity index (χ0) is 11.8. The first-order chi connectivity index (χ1) is 8.25. The summed E-state index contributed by atoms with van der Waals surface area (Å²) in [7, 11) is 0. The number of fused-ring (bicyclic) bond motifs is 1. The van der Waals surface area contributed by atoms with E-state index in [1.165, 1.54) is 12.1 Å². The Balaban J connectivity index is 2.24. The highest BCUT2D eigenvalue weighted by atomic mass is 19.1. The van der Waals surface area contributed by atoms with Crippen LogP contribution in [-0.2, 0) is 0 Å². The summed E-state index contributed by atoms with van der Waals surface area (Å²) in [6.07, 6.45) is 1.82. The van der Waals surface area contributed by atoms with Gasteiger partial charge in [0.25, 0.3) is 0 Å². The molecular weight excluding hydrogens is 219 g/mol. The van der Waals surface area contributed by atoms with E-state index >= 15 is 0 Å². The van der Waals surface area contributed by atoms with Crippen molar-refractivity contribution < 1.29 is 4.39 Å². The Kier molecular flexibility index (Phi) is 2.04. The van der Waals surface area contributed by atoms with Gasteiger partial charge in [-0.3, -0.25) is 4.40 Å². The number of anilines is 1. The lowest BCUT2D eigenvalue weighted by Crippen LogP contribution is -1.93. The number of nitrogen functional groups attached to an aromatic ring is 1. The van der Waals surface area contributed by atoms with Crippen LogP contribution in [0.3, 0.4) is 0 Å². The summed E-state index contributed by atoms with van der Waals surface area (Å²) in [5.74, 6) is 0.370. The van der Waals surface area contributed by atoms with Crippen molar-refractivity contribution in [2.24, 2.45) is 0 Å². The average Bonchev–Trinajstić information content (AvgIpc) is 2.75. The Bertz CT molecular complexity index is 673. The van der Waals surface area contributed by atoms with Gasteiger partial charge in [-0.25, -0.2) is 4.39 Å². The molecule has 0 aliphatic rings. The predicted octanol–water partition coefficient (Wildman–Crippen LogP) is 2.12. The highest BCUT2D eigenvalue weighted by Crippen LogP contribution is 2.20. The molecule has 0 saturated heterocycles. The zero-order valence-corrected chi connectivity index (χ0v) is 8.84. The standard InChI is InChI=1S/C12H9FN4/c13-9-5-3-8(4-6-9)11-15-16-12-10(14)2-1-7-17(11)12/h1-7H,14H2. The van der Waals surface area contributed by atoms with E-state index in [0.29, 0.717) is 17.2 Å². The molecule has 0 saturated carbocycles. The van der Waals surface area contributed by atoms with Gasteiger partial charge in [-0.15, -0.1) is 10.2 Å². The smallest absolute Gasteiger partial charge is 0.184 e. The minimum Gasteiger partial charge on any atom is -0.396 e. The summed E-state index contributed by atoms with van der Waals surface area (Å²) in [6.45, 7) is 0. The summed E-state index contributed by atoms with van der Waals surface area (Å²) in [5.41, 5.74) is 7.75. The molecule has 3 aromatic rings. The monoisotopic (exact) mass is 228 g/mol. The number of benzene rings is 1. The molecule has 0 aliphatic heterocycles. The van der Waals surface area contributed by atoms with Gasteiger partial charge in [0, 0.05) is 11.8 Å². The van der Waals surface area contributed by atoms with Crippen LogP contribution in [0.5, 0.6) is 0 Å². The molecule has 2 N–H and O–H groups in total. The Hall–Kier alpha value is -2.43. The van der Waals surface area contributed by atoms with Gasteiger partial charge in [-0.1, -0.05) is 0 Å². The summed E-state index contributed by atoms with van der Waals surface area (Å²) in [5, 5.41) is 8.08. The summed E-state index contributed by atoms with van der Waals surface area (Å²) >= 11 is 0. The highest BCUT2D eigenvalue weighted by molar-refractivity contribution is 5.68. The molecule has 84 valence electrons. The third-order valence-electron chi connectivity index (χ3n) is 2.57. The van der Waals surface area contributed by atoms with E-state index in [-0.39, 0.29) is 5.82 Å². The highest BCUT2D eigenvalue weighted by Gasteiger charge is 2.09. The quantitative estimate of drug-likeness (QED) is 0.694. The fourth-order valence-corrected chi connectivity index (χ4v) is 1.73. The molecule has 0 spiro atoms. The number of nitrogens with zero attached hydrogens (tertiary/aromatic N) is 3. The molecule has 0 aliphatic carbocycles. The average molecular weight is 228 g/mol. The molecule has 0 unspecified atom stereocenters. The second-order valence-corrected chi connectivity index (χ2v) is 3.69. The van der Waals surface area contributed by atoms with Crippen molar-refractivity contribution >= 4 is 11.3 Å². The third kappa shape index (κ3) is 1.52. The van der Waals surface area contributed by atoms with Crippen molar-refractivity contribution in [2.45, 2.75) is 0 Å². The van der Waals surface area contributed by atoms with Crippen molar-refractivity contribution in [3.8, 4) is 11.4 Å². The van der Waals surface area contributed by atoms with Crippen molar-refractivity contribution in [3.63, 3.8) is 0 Å². The van der Waals surface area contributed by atoms with Crippen LogP contribution in [0.4, 0.5) is 10.1 Å². The molecule has 0 amide bonds. The van der Waals surface area contributed by atoms with Crippen LogP contribution in [0.15, 0.2) is 42.6 Å². The van der Waals surface area contributed by atoms with Crippen LogP contribution in [-0.4, -0.2) is 14.6 Å². The predicted molar refractivity (Wildman–Crippen MR) is 62.8 cm³/mol. The number of hydrogen-bond acceptors (Lipinski definition) is 3. The van der Waals surface area contributed by atoms with E-state index in [0.717, 1.165) is 5.56 Å². The van der Waals surface area contributed by atoms with Gasteiger partial charge in [-0.05, 0) is 36.4 Å². The van der Waals surface area contributed by atoms with Gasteiger partial charge >= 0.3 is 0 Å². The van der Waals surface area contributed by atoms with Crippen molar-refractivity contribution in [3.05, 3.63) is 48.4 Å². The molecule has 0 fully saturated rings. The summed E-state index contributed by atoms with van der Waals surface area (Å²) < 4.78 is 14.6. The van der Waals surface area contributed by atoms with Crippen molar-refractivity contribution in [1.29, 1.82) is 0 Å². The van der Waals surface area contributed by atoms with Crippen molar-refractivity contribution in [2.75, 3.05) is 5.73 Å². The number of hydrogen-bond donors (Lipinski definition) is 1. The maximum Gasteiger partial charge on any atom is 0.184 e. The molecular formula is C12H9FN4. The van der Waals surface area contributed by atoms with Crippen LogP contribution in [0.25, 0.3) is 17.0 Å². The van der Waals surface area contributed by atoms with Gasteiger partial charge < -0.3 is 5.73 Å². The fraction of sp³-hybridized carbons (Fsp3) is 0. The van der Waals surface area contributed by atoms with Crippen molar-refractivity contribution in [1.82, 2.24) is 14.6 Å². The van der Waals surface area contributed by atoms with Gasteiger partial charge in [0.05, 0.1) is 5.69 Å². The number of aromatic nitrogens is 3. The van der Waals surface area contributed by atoms with E-state index in [1.54, 1.807) is 22.6 Å². The lowest BCUT2D eigenvalue weighted by atomic mass is 10.2. The Morgan fingerprint density at radius 1 is 1.06 bits per heavy atom.